The first-order valence-electron chi connectivity index (χ1n) is 8.48. The first kappa shape index (κ1) is 20.8. The van der Waals surface area contributed by atoms with Gasteiger partial charge in [-0.15, -0.1) is 18.3 Å². The molecule has 1 fully saturated rings. The quantitative estimate of drug-likeness (QED) is 0.464. The average Bonchev–Trinajstić information content (AvgIpc) is 2.64. The van der Waals surface area contributed by atoms with Crippen molar-refractivity contribution < 1.29 is 19.1 Å². The zero-order valence-corrected chi connectivity index (χ0v) is 15.9. The molecule has 0 radical (unpaired) electrons. The molecule has 4 N–H and O–H groups in total. The summed E-state index contributed by atoms with van der Waals surface area (Å²) in [5, 5.41) is 11.4. The van der Waals surface area contributed by atoms with Gasteiger partial charge in [0.1, 0.15) is 11.2 Å². The number of nitrogens with one attached hydrogen (secondary N) is 4. The highest BCUT2D eigenvalue weighted by molar-refractivity contribution is 8.00. The third-order valence-corrected chi connectivity index (χ3v) is 4.74. The Morgan fingerprint density at radius 3 is 2.96 bits per heavy atom. The second-order valence-electron chi connectivity index (χ2n) is 5.90. The van der Waals surface area contributed by atoms with Crippen LogP contribution in [0.4, 0.5) is 5.69 Å². The van der Waals surface area contributed by atoms with Crippen LogP contribution in [0.1, 0.15) is 12.8 Å². The fourth-order valence-corrected chi connectivity index (χ4v) is 3.40. The Hall–Kier alpha value is -2.52. The Labute approximate surface area is 162 Å². The van der Waals surface area contributed by atoms with E-state index in [1.807, 2.05) is 0 Å². The van der Waals surface area contributed by atoms with Crippen LogP contribution >= 0.6 is 11.8 Å². The van der Waals surface area contributed by atoms with E-state index in [0.29, 0.717) is 18.0 Å². The average molecular weight is 392 g/mol. The normalized spacial score (nSPS) is 18.9. The number of hydrogen-bond acceptors (Lipinski definition) is 6. The van der Waals surface area contributed by atoms with Crippen LogP contribution in [0.2, 0.25) is 0 Å². The Balaban J connectivity index is 1.79. The topological polar surface area (TPSA) is 109 Å². The van der Waals surface area contributed by atoms with E-state index < -0.39 is 5.50 Å². The lowest BCUT2D eigenvalue weighted by atomic mass is 10.1. The van der Waals surface area contributed by atoms with Gasteiger partial charge >= 0.3 is 0 Å². The van der Waals surface area contributed by atoms with Gasteiger partial charge in [0.05, 0.1) is 12.9 Å². The molecule has 9 heteroatoms. The van der Waals surface area contributed by atoms with Crippen LogP contribution in [0, 0.1) is 0 Å². The van der Waals surface area contributed by atoms with Gasteiger partial charge in [-0.25, -0.2) is 0 Å². The van der Waals surface area contributed by atoms with Crippen molar-refractivity contribution >= 4 is 35.2 Å². The summed E-state index contributed by atoms with van der Waals surface area (Å²) in [6.07, 6.45) is 2.00. The van der Waals surface area contributed by atoms with E-state index in [9.17, 15) is 14.4 Å². The molecule has 2 rings (SSSR count). The number of methoxy groups -OCH3 is 1. The van der Waals surface area contributed by atoms with E-state index >= 15 is 0 Å². The highest BCUT2D eigenvalue weighted by Crippen LogP contribution is 2.18. The van der Waals surface area contributed by atoms with Gasteiger partial charge < -0.3 is 20.7 Å². The molecule has 1 saturated heterocycles. The first-order valence-corrected chi connectivity index (χ1v) is 9.53. The van der Waals surface area contributed by atoms with Gasteiger partial charge in [-0.3, -0.25) is 19.7 Å². The summed E-state index contributed by atoms with van der Waals surface area (Å²) in [4.78, 5) is 35.8. The Morgan fingerprint density at radius 2 is 2.22 bits per heavy atom. The van der Waals surface area contributed by atoms with Gasteiger partial charge in [-0.05, 0) is 12.1 Å². The number of thioether (sulfide) groups is 1. The fourth-order valence-electron chi connectivity index (χ4n) is 2.50. The van der Waals surface area contributed by atoms with E-state index in [0.717, 1.165) is 0 Å². The molecule has 0 bridgehead atoms. The minimum atomic E-state index is -0.431. The minimum Gasteiger partial charge on any atom is -0.497 e. The molecule has 0 aliphatic carbocycles. The van der Waals surface area contributed by atoms with E-state index in [1.165, 1.54) is 11.8 Å². The SMILES string of the molecule is C=CCNC(=O)CC1CC(=O)NC(SCC(=O)Nc2cccc(OC)c2)N1. The number of rotatable bonds is 9. The highest BCUT2D eigenvalue weighted by Gasteiger charge is 2.27. The van der Waals surface area contributed by atoms with Crippen molar-refractivity contribution in [1.82, 2.24) is 16.0 Å². The van der Waals surface area contributed by atoms with Crippen LogP contribution in [0.5, 0.6) is 5.75 Å². The molecule has 2 unspecified atom stereocenters. The molecular formula is C18H24N4O4S. The number of hydrogen-bond donors (Lipinski definition) is 4. The van der Waals surface area contributed by atoms with Crippen molar-refractivity contribution in [2.45, 2.75) is 24.4 Å². The lowest BCUT2D eigenvalue weighted by molar-refractivity contribution is -0.125. The molecule has 8 nitrogen and oxygen atoms in total. The highest BCUT2D eigenvalue weighted by atomic mass is 32.2. The summed E-state index contributed by atoms with van der Waals surface area (Å²) < 4.78 is 5.12. The first-order chi connectivity index (χ1) is 13.0. The van der Waals surface area contributed by atoms with Crippen LogP contribution in [-0.2, 0) is 14.4 Å². The third kappa shape index (κ3) is 7.32. The monoisotopic (exact) mass is 392 g/mol. The van der Waals surface area contributed by atoms with Gasteiger partial charge in [0, 0.05) is 37.2 Å². The van der Waals surface area contributed by atoms with E-state index in [2.05, 4.69) is 27.8 Å². The lowest BCUT2D eigenvalue weighted by Gasteiger charge is -2.30. The third-order valence-electron chi connectivity index (χ3n) is 3.72. The summed E-state index contributed by atoms with van der Waals surface area (Å²) in [6, 6.07) is 6.79. The molecule has 1 aromatic carbocycles. The summed E-state index contributed by atoms with van der Waals surface area (Å²) in [7, 11) is 1.56. The molecule has 146 valence electrons. The summed E-state index contributed by atoms with van der Waals surface area (Å²) >= 11 is 1.25. The molecule has 1 heterocycles. The predicted octanol–water partition coefficient (Wildman–Crippen LogP) is 0.821. The molecule has 27 heavy (non-hydrogen) atoms. The van der Waals surface area contributed by atoms with Gasteiger partial charge in [0.2, 0.25) is 17.7 Å². The van der Waals surface area contributed by atoms with Crippen LogP contribution in [0.15, 0.2) is 36.9 Å². The second-order valence-corrected chi connectivity index (χ2v) is 7.00. The zero-order chi connectivity index (χ0) is 19.6. The van der Waals surface area contributed by atoms with Crippen molar-refractivity contribution in [2.24, 2.45) is 0 Å². The number of benzene rings is 1. The minimum absolute atomic E-state index is 0.143. The van der Waals surface area contributed by atoms with Gasteiger partial charge in [0.15, 0.2) is 0 Å². The molecule has 0 saturated carbocycles. The van der Waals surface area contributed by atoms with Crippen molar-refractivity contribution in [3.63, 3.8) is 0 Å². The molecule has 0 aromatic heterocycles. The van der Waals surface area contributed by atoms with E-state index in [1.54, 1.807) is 37.5 Å². The van der Waals surface area contributed by atoms with Crippen LogP contribution < -0.4 is 26.0 Å². The smallest absolute Gasteiger partial charge is 0.234 e. The van der Waals surface area contributed by atoms with E-state index in [4.69, 9.17) is 4.74 Å². The second kappa shape index (κ2) is 10.6. The number of ether oxygens (including phenoxy) is 1. The summed E-state index contributed by atoms with van der Waals surface area (Å²) in [6.45, 7) is 3.93. The molecular weight excluding hydrogens is 368 g/mol. The number of anilines is 1. The Morgan fingerprint density at radius 1 is 1.41 bits per heavy atom. The molecule has 0 spiro atoms. The maximum absolute atomic E-state index is 12.1. The van der Waals surface area contributed by atoms with Gasteiger partial charge in [-0.1, -0.05) is 12.1 Å². The largest absolute Gasteiger partial charge is 0.497 e. The van der Waals surface area contributed by atoms with Crippen LogP contribution in [0.25, 0.3) is 0 Å². The van der Waals surface area contributed by atoms with Gasteiger partial charge in [-0.2, -0.15) is 0 Å². The number of carbonyl (C=O) groups is 3. The van der Waals surface area contributed by atoms with Crippen LogP contribution in [-0.4, -0.2) is 48.7 Å². The standard InChI is InChI=1S/C18H24N4O4S/c1-3-7-19-15(23)9-13-10-16(24)22-18(21-13)27-11-17(25)20-12-5-4-6-14(8-12)26-2/h3-6,8,13,18,21H,1,7,9-11H2,2H3,(H,19,23)(H,20,25)(H,22,24). The predicted molar refractivity (Wildman–Crippen MR) is 105 cm³/mol. The van der Waals surface area contributed by atoms with Crippen molar-refractivity contribution in [2.75, 3.05) is 24.7 Å². The lowest BCUT2D eigenvalue weighted by Crippen LogP contribution is -2.56. The molecule has 3 amide bonds. The van der Waals surface area contributed by atoms with Crippen LogP contribution in [0.3, 0.4) is 0 Å². The maximum atomic E-state index is 12.1. The summed E-state index contributed by atoms with van der Waals surface area (Å²) in [5.74, 6) is 0.293. The Kier molecular flexibility index (Phi) is 8.15. The van der Waals surface area contributed by atoms with Gasteiger partial charge in [0.25, 0.3) is 0 Å². The zero-order valence-electron chi connectivity index (χ0n) is 15.1. The van der Waals surface area contributed by atoms with Crippen molar-refractivity contribution in [3.05, 3.63) is 36.9 Å². The number of carbonyl (C=O) groups excluding carboxylic acids is 3. The number of amides is 3. The van der Waals surface area contributed by atoms with Crippen molar-refractivity contribution in [1.29, 1.82) is 0 Å². The molecule has 1 aliphatic heterocycles. The maximum Gasteiger partial charge on any atom is 0.234 e. The Bertz CT molecular complexity index is 698. The fraction of sp³-hybridized carbons (Fsp3) is 0.389. The van der Waals surface area contributed by atoms with Crippen molar-refractivity contribution in [3.8, 4) is 5.75 Å². The molecule has 2 atom stereocenters. The van der Waals surface area contributed by atoms with E-state index in [-0.39, 0.29) is 42.4 Å². The molecule has 1 aliphatic rings. The summed E-state index contributed by atoms with van der Waals surface area (Å²) in [5.41, 5.74) is 0.205. The molecule has 1 aromatic rings.